The second-order valence-corrected chi connectivity index (χ2v) is 5.60. The van der Waals surface area contributed by atoms with Gasteiger partial charge in [0.1, 0.15) is 5.75 Å². The molecule has 0 spiro atoms. The van der Waals surface area contributed by atoms with Crippen molar-refractivity contribution in [3.8, 4) is 17.6 Å². The maximum atomic E-state index is 5.99. The maximum absolute atomic E-state index is 5.99. The SMILES string of the molecule is CCC(C)COc1ccc2ccccc2c1C#CCCCl. The molecular formula is C19H21ClO. The summed E-state index contributed by atoms with van der Waals surface area (Å²) in [4.78, 5) is 0. The lowest BCUT2D eigenvalue weighted by Gasteiger charge is -2.14. The van der Waals surface area contributed by atoms with Crippen LogP contribution in [0.2, 0.25) is 0 Å². The molecule has 1 unspecified atom stereocenters. The molecular weight excluding hydrogens is 280 g/mol. The Morgan fingerprint density at radius 1 is 1.19 bits per heavy atom. The van der Waals surface area contributed by atoms with Crippen molar-refractivity contribution in [3.05, 3.63) is 42.0 Å². The first-order chi connectivity index (χ1) is 10.3. The Morgan fingerprint density at radius 3 is 2.76 bits per heavy atom. The van der Waals surface area contributed by atoms with Crippen LogP contribution in [0.25, 0.3) is 10.8 Å². The van der Waals surface area contributed by atoms with Crippen molar-refractivity contribution in [2.45, 2.75) is 26.7 Å². The lowest BCUT2D eigenvalue weighted by molar-refractivity contribution is 0.256. The molecule has 1 atom stereocenters. The Balaban J connectivity index is 2.39. The second-order valence-electron chi connectivity index (χ2n) is 5.23. The van der Waals surface area contributed by atoms with Crippen molar-refractivity contribution in [2.24, 2.45) is 5.92 Å². The van der Waals surface area contributed by atoms with E-state index in [2.05, 4.69) is 43.9 Å². The summed E-state index contributed by atoms with van der Waals surface area (Å²) < 4.78 is 5.99. The molecule has 0 saturated heterocycles. The second kappa shape index (κ2) is 7.96. The van der Waals surface area contributed by atoms with Crippen molar-refractivity contribution in [1.82, 2.24) is 0 Å². The molecule has 2 aromatic rings. The average molecular weight is 301 g/mol. The molecule has 0 fully saturated rings. The zero-order valence-corrected chi connectivity index (χ0v) is 13.4. The standard InChI is InChI=1S/C19H21ClO/c1-3-15(2)14-21-19-12-11-16-8-4-5-9-17(16)18(19)10-6-7-13-20/h4-5,8-9,11-12,15H,3,7,13-14H2,1-2H3. The van der Waals surface area contributed by atoms with Crippen LogP contribution >= 0.6 is 11.6 Å². The van der Waals surface area contributed by atoms with Gasteiger partial charge >= 0.3 is 0 Å². The Labute approximate surface area is 132 Å². The van der Waals surface area contributed by atoms with Crippen molar-refractivity contribution in [1.29, 1.82) is 0 Å². The Morgan fingerprint density at radius 2 is 2.00 bits per heavy atom. The number of fused-ring (bicyclic) bond motifs is 1. The molecule has 0 N–H and O–H groups in total. The lowest BCUT2D eigenvalue weighted by Crippen LogP contribution is -2.08. The van der Waals surface area contributed by atoms with Crippen LogP contribution in [0, 0.1) is 17.8 Å². The van der Waals surface area contributed by atoms with Gasteiger partial charge < -0.3 is 4.74 Å². The third kappa shape index (κ3) is 4.16. The summed E-state index contributed by atoms with van der Waals surface area (Å²) in [5.41, 5.74) is 0.974. The van der Waals surface area contributed by atoms with Crippen molar-refractivity contribution in [3.63, 3.8) is 0 Å². The van der Waals surface area contributed by atoms with Crippen LogP contribution < -0.4 is 4.74 Å². The van der Waals surface area contributed by atoms with Gasteiger partial charge in [0, 0.05) is 17.7 Å². The predicted molar refractivity (Wildman–Crippen MR) is 91.1 cm³/mol. The van der Waals surface area contributed by atoms with E-state index in [1.165, 1.54) is 5.39 Å². The maximum Gasteiger partial charge on any atom is 0.135 e. The molecule has 2 aromatic carbocycles. The highest BCUT2D eigenvalue weighted by atomic mass is 35.5. The molecule has 0 radical (unpaired) electrons. The molecule has 1 nitrogen and oxygen atoms in total. The van der Waals surface area contributed by atoms with Crippen LogP contribution in [0.4, 0.5) is 0 Å². The van der Waals surface area contributed by atoms with Gasteiger partial charge in [-0.25, -0.2) is 0 Å². The van der Waals surface area contributed by atoms with E-state index in [1.807, 2.05) is 18.2 Å². The Kier molecular flexibility index (Phi) is 5.96. The number of ether oxygens (including phenoxy) is 1. The first kappa shape index (κ1) is 15.7. The number of alkyl halides is 1. The van der Waals surface area contributed by atoms with Crippen molar-refractivity contribution >= 4 is 22.4 Å². The molecule has 0 aliphatic carbocycles. The molecule has 21 heavy (non-hydrogen) atoms. The number of halogens is 1. The van der Waals surface area contributed by atoms with Gasteiger partial charge in [0.25, 0.3) is 0 Å². The van der Waals surface area contributed by atoms with Crippen LogP contribution in [0.5, 0.6) is 5.75 Å². The lowest BCUT2D eigenvalue weighted by atomic mass is 10.0. The van der Waals surface area contributed by atoms with Crippen LogP contribution in [0.1, 0.15) is 32.3 Å². The minimum absolute atomic E-state index is 0.542. The summed E-state index contributed by atoms with van der Waals surface area (Å²) >= 11 is 5.71. The predicted octanol–water partition coefficient (Wildman–Crippen LogP) is 5.25. The quantitative estimate of drug-likeness (QED) is 0.541. The molecule has 2 rings (SSSR count). The summed E-state index contributed by atoms with van der Waals surface area (Å²) in [6.07, 6.45) is 1.80. The minimum Gasteiger partial charge on any atom is -0.492 e. The van der Waals surface area contributed by atoms with Crippen molar-refractivity contribution in [2.75, 3.05) is 12.5 Å². The number of benzene rings is 2. The van der Waals surface area contributed by atoms with Crippen molar-refractivity contribution < 1.29 is 4.74 Å². The first-order valence-corrected chi connectivity index (χ1v) is 7.99. The molecule has 0 amide bonds. The van der Waals surface area contributed by atoms with Gasteiger partial charge in [-0.15, -0.1) is 11.6 Å². The van der Waals surface area contributed by atoms with Crippen LogP contribution in [-0.4, -0.2) is 12.5 Å². The third-order valence-electron chi connectivity index (χ3n) is 3.54. The van der Waals surface area contributed by atoms with Crippen LogP contribution in [-0.2, 0) is 0 Å². The highest BCUT2D eigenvalue weighted by Crippen LogP contribution is 2.28. The summed E-state index contributed by atoms with van der Waals surface area (Å²) in [6.45, 7) is 5.09. The fraction of sp³-hybridized carbons (Fsp3) is 0.368. The van der Waals surface area contributed by atoms with E-state index < -0.39 is 0 Å². The summed E-state index contributed by atoms with van der Waals surface area (Å²) in [6, 6.07) is 12.4. The van der Waals surface area contributed by atoms with E-state index in [4.69, 9.17) is 16.3 Å². The minimum atomic E-state index is 0.542. The Hall–Kier alpha value is -1.65. The molecule has 110 valence electrons. The van der Waals surface area contributed by atoms with E-state index >= 15 is 0 Å². The average Bonchev–Trinajstić information content (AvgIpc) is 2.53. The summed E-state index contributed by atoms with van der Waals surface area (Å²) in [7, 11) is 0. The summed E-state index contributed by atoms with van der Waals surface area (Å²) in [5, 5.41) is 2.32. The van der Waals surface area contributed by atoms with Gasteiger partial charge in [-0.3, -0.25) is 0 Å². The van der Waals surface area contributed by atoms with E-state index in [1.54, 1.807) is 0 Å². The van der Waals surface area contributed by atoms with E-state index in [-0.39, 0.29) is 0 Å². The molecule has 0 aromatic heterocycles. The molecule has 0 saturated carbocycles. The molecule has 0 bridgehead atoms. The molecule has 0 aliphatic heterocycles. The van der Waals surface area contributed by atoms with Gasteiger partial charge in [0.2, 0.25) is 0 Å². The van der Waals surface area contributed by atoms with Gasteiger partial charge in [-0.1, -0.05) is 62.4 Å². The fourth-order valence-electron chi connectivity index (χ4n) is 2.05. The van der Waals surface area contributed by atoms with Gasteiger partial charge in [0.15, 0.2) is 0 Å². The van der Waals surface area contributed by atoms with E-state index in [0.29, 0.717) is 18.2 Å². The fourth-order valence-corrected chi connectivity index (χ4v) is 2.14. The van der Waals surface area contributed by atoms with E-state index in [0.717, 1.165) is 29.7 Å². The van der Waals surface area contributed by atoms with Gasteiger partial charge in [-0.2, -0.15) is 0 Å². The zero-order chi connectivity index (χ0) is 15.1. The third-order valence-corrected chi connectivity index (χ3v) is 3.73. The molecule has 2 heteroatoms. The highest BCUT2D eigenvalue weighted by Gasteiger charge is 2.08. The number of rotatable bonds is 5. The molecule has 0 aliphatic rings. The smallest absolute Gasteiger partial charge is 0.135 e. The van der Waals surface area contributed by atoms with Gasteiger partial charge in [-0.05, 0) is 17.4 Å². The van der Waals surface area contributed by atoms with E-state index in [9.17, 15) is 0 Å². The number of hydrogen-bond acceptors (Lipinski definition) is 1. The topological polar surface area (TPSA) is 9.23 Å². The van der Waals surface area contributed by atoms with Crippen LogP contribution in [0.3, 0.4) is 0 Å². The normalized spacial score (nSPS) is 11.8. The Bertz CT molecular complexity index is 651. The highest BCUT2D eigenvalue weighted by molar-refractivity contribution is 6.18. The molecule has 0 heterocycles. The first-order valence-electron chi connectivity index (χ1n) is 7.45. The monoisotopic (exact) mass is 300 g/mol. The number of hydrogen-bond donors (Lipinski definition) is 0. The van der Waals surface area contributed by atoms with Crippen LogP contribution in [0.15, 0.2) is 36.4 Å². The zero-order valence-electron chi connectivity index (χ0n) is 12.7. The van der Waals surface area contributed by atoms with Gasteiger partial charge in [0.05, 0.1) is 12.2 Å². The summed E-state index contributed by atoms with van der Waals surface area (Å²) in [5.74, 6) is 8.33. The largest absolute Gasteiger partial charge is 0.492 e.